The summed E-state index contributed by atoms with van der Waals surface area (Å²) in [6, 6.07) is 11.9. The summed E-state index contributed by atoms with van der Waals surface area (Å²) in [6.07, 6.45) is 1.34. The minimum Gasteiger partial charge on any atom is -0.454 e. The van der Waals surface area contributed by atoms with Gasteiger partial charge in [0.1, 0.15) is 12.4 Å². The topological polar surface area (TPSA) is 124 Å². The zero-order chi connectivity index (χ0) is 23.4. The highest BCUT2D eigenvalue weighted by molar-refractivity contribution is 5.96. The molecule has 1 aliphatic heterocycles. The second-order valence-electron chi connectivity index (χ2n) is 7.24. The van der Waals surface area contributed by atoms with Gasteiger partial charge < -0.3 is 19.4 Å². The number of amides is 2. The lowest BCUT2D eigenvalue weighted by Crippen LogP contribution is -2.26. The van der Waals surface area contributed by atoms with Gasteiger partial charge in [-0.2, -0.15) is 4.68 Å². The largest absolute Gasteiger partial charge is 0.454 e. The van der Waals surface area contributed by atoms with E-state index in [1.165, 1.54) is 24.3 Å². The molecule has 0 atom stereocenters. The van der Waals surface area contributed by atoms with Crippen LogP contribution < -0.4 is 16.0 Å². The van der Waals surface area contributed by atoms with Gasteiger partial charge >= 0.3 is 11.7 Å². The van der Waals surface area contributed by atoms with E-state index in [1.807, 2.05) is 0 Å². The second-order valence-corrected chi connectivity index (χ2v) is 7.24. The summed E-state index contributed by atoms with van der Waals surface area (Å²) in [5, 5.41) is 6.46. The Morgan fingerprint density at radius 1 is 1.09 bits per heavy atom. The van der Waals surface area contributed by atoms with Crippen molar-refractivity contribution in [2.45, 2.75) is 19.4 Å². The Hall–Kier alpha value is -4.28. The molecule has 0 radical (unpaired) electrons. The molecule has 0 bridgehead atoms. The van der Waals surface area contributed by atoms with Crippen molar-refractivity contribution >= 4 is 29.2 Å². The third-order valence-corrected chi connectivity index (χ3v) is 4.88. The molecule has 1 N–H and O–H groups in total. The van der Waals surface area contributed by atoms with Crippen molar-refractivity contribution < 1.29 is 27.9 Å². The van der Waals surface area contributed by atoms with Crippen molar-refractivity contribution in [3.8, 4) is 11.5 Å². The summed E-state index contributed by atoms with van der Waals surface area (Å²) in [4.78, 5) is 49.4. The van der Waals surface area contributed by atoms with Crippen LogP contribution in [0.15, 0.2) is 57.7 Å². The number of ether oxygens (including phenoxy) is 1. The Morgan fingerprint density at radius 3 is 2.48 bits per heavy atom. The molecule has 1 aromatic heterocycles. The normalized spacial score (nSPS) is 13.2. The fourth-order valence-corrected chi connectivity index (χ4v) is 3.27. The molecule has 2 amide bonds. The molecule has 11 heteroatoms. The van der Waals surface area contributed by atoms with E-state index in [4.69, 9.17) is 9.15 Å². The van der Waals surface area contributed by atoms with Gasteiger partial charge in [0.05, 0.1) is 0 Å². The maximum absolute atomic E-state index is 13.0. The maximum Gasteiger partial charge on any atom is 0.437 e. The standard InChI is InChI=1S/C22H19FN4O6/c23-15-5-3-14(4-6-15)21-25-27(22(31)33-21)12-20(30)32-13-18(28)24-16-7-9-17(10-8-16)26-11-1-2-19(26)29/h3-10H,1-2,11-13H2,(H,24,28). The highest BCUT2D eigenvalue weighted by Crippen LogP contribution is 2.23. The van der Waals surface area contributed by atoms with Gasteiger partial charge in [-0.25, -0.2) is 9.18 Å². The average molecular weight is 454 g/mol. The number of nitrogens with zero attached hydrogens (tertiary/aromatic N) is 3. The highest BCUT2D eigenvalue weighted by atomic mass is 19.1. The van der Waals surface area contributed by atoms with E-state index in [0.29, 0.717) is 24.2 Å². The van der Waals surface area contributed by atoms with E-state index in [9.17, 15) is 23.6 Å². The SMILES string of the molecule is O=C(COC(=O)Cn1nc(-c2ccc(F)cc2)oc1=O)Nc1ccc(N2CCCC2=O)cc1. The second kappa shape index (κ2) is 9.47. The molecule has 2 heterocycles. The van der Waals surface area contributed by atoms with E-state index in [2.05, 4.69) is 10.4 Å². The summed E-state index contributed by atoms with van der Waals surface area (Å²) < 4.78 is 23.6. The Bertz CT molecular complexity index is 1230. The lowest BCUT2D eigenvalue weighted by molar-refractivity contribution is -0.148. The lowest BCUT2D eigenvalue weighted by Gasteiger charge is -2.16. The first kappa shape index (κ1) is 21.9. The van der Waals surface area contributed by atoms with Crippen LogP contribution in [0.1, 0.15) is 12.8 Å². The minimum absolute atomic E-state index is 0.0645. The van der Waals surface area contributed by atoms with Crippen molar-refractivity contribution in [2.75, 3.05) is 23.4 Å². The molecule has 4 rings (SSSR count). The first-order valence-corrected chi connectivity index (χ1v) is 10.1. The zero-order valence-electron chi connectivity index (χ0n) is 17.3. The lowest BCUT2D eigenvalue weighted by atomic mass is 10.2. The number of hydrogen-bond acceptors (Lipinski definition) is 7. The summed E-state index contributed by atoms with van der Waals surface area (Å²) in [6.45, 7) is -0.460. The third kappa shape index (κ3) is 5.32. The highest BCUT2D eigenvalue weighted by Gasteiger charge is 2.21. The molecule has 170 valence electrons. The van der Waals surface area contributed by atoms with Crippen molar-refractivity contribution in [1.82, 2.24) is 9.78 Å². The first-order chi connectivity index (χ1) is 15.9. The molecule has 3 aromatic rings. The van der Waals surface area contributed by atoms with Gasteiger partial charge in [-0.1, -0.05) is 0 Å². The van der Waals surface area contributed by atoms with Crippen LogP contribution in [0.4, 0.5) is 15.8 Å². The van der Waals surface area contributed by atoms with Crippen molar-refractivity contribution in [1.29, 1.82) is 0 Å². The number of rotatable bonds is 7. The number of carbonyl (C=O) groups excluding carboxylic acids is 3. The molecule has 33 heavy (non-hydrogen) atoms. The molecule has 0 aliphatic carbocycles. The summed E-state index contributed by atoms with van der Waals surface area (Å²) in [7, 11) is 0. The predicted molar refractivity (Wildman–Crippen MR) is 114 cm³/mol. The average Bonchev–Trinajstić information content (AvgIpc) is 3.39. The molecule has 0 unspecified atom stereocenters. The van der Waals surface area contributed by atoms with Crippen molar-refractivity contribution in [3.05, 3.63) is 64.9 Å². The molecular formula is C22H19FN4O6. The fourth-order valence-electron chi connectivity index (χ4n) is 3.27. The van der Waals surface area contributed by atoms with E-state index >= 15 is 0 Å². The third-order valence-electron chi connectivity index (χ3n) is 4.88. The fraction of sp³-hybridized carbons (Fsp3) is 0.227. The van der Waals surface area contributed by atoms with E-state index in [-0.39, 0.29) is 11.8 Å². The molecule has 0 spiro atoms. The van der Waals surface area contributed by atoms with E-state index in [0.717, 1.165) is 16.8 Å². The van der Waals surface area contributed by atoms with Crippen LogP contribution in [-0.2, 0) is 25.7 Å². The van der Waals surface area contributed by atoms with Crippen LogP contribution in [0, 0.1) is 5.82 Å². The van der Waals surface area contributed by atoms with Gasteiger partial charge in [0.2, 0.25) is 11.8 Å². The zero-order valence-corrected chi connectivity index (χ0v) is 17.3. The summed E-state index contributed by atoms with van der Waals surface area (Å²) in [5.74, 6) is -2.81. The van der Waals surface area contributed by atoms with Gasteiger partial charge in [-0.15, -0.1) is 5.10 Å². The number of hydrogen-bond donors (Lipinski definition) is 1. The molecule has 1 fully saturated rings. The number of aromatic nitrogens is 2. The van der Waals surface area contributed by atoms with Crippen LogP contribution in [0.3, 0.4) is 0 Å². The smallest absolute Gasteiger partial charge is 0.437 e. The number of carbonyl (C=O) groups is 3. The summed E-state index contributed by atoms with van der Waals surface area (Å²) >= 11 is 0. The molecular weight excluding hydrogens is 435 g/mol. The van der Waals surface area contributed by atoms with Crippen LogP contribution in [-0.4, -0.2) is 40.7 Å². The first-order valence-electron chi connectivity index (χ1n) is 10.1. The molecule has 2 aromatic carbocycles. The molecule has 1 saturated heterocycles. The molecule has 0 saturated carbocycles. The minimum atomic E-state index is -0.896. The van der Waals surface area contributed by atoms with Crippen LogP contribution >= 0.6 is 0 Å². The van der Waals surface area contributed by atoms with Gasteiger partial charge in [0, 0.05) is 29.9 Å². The number of nitrogens with one attached hydrogen (secondary N) is 1. The number of esters is 1. The van der Waals surface area contributed by atoms with Crippen molar-refractivity contribution in [3.63, 3.8) is 0 Å². The van der Waals surface area contributed by atoms with Gasteiger partial charge in [0.15, 0.2) is 6.61 Å². The summed E-state index contributed by atoms with van der Waals surface area (Å²) in [5.41, 5.74) is 1.59. The van der Waals surface area contributed by atoms with E-state index < -0.39 is 36.6 Å². The van der Waals surface area contributed by atoms with Crippen molar-refractivity contribution in [2.24, 2.45) is 0 Å². The Kier molecular flexibility index (Phi) is 6.29. The monoisotopic (exact) mass is 454 g/mol. The number of anilines is 2. The van der Waals surface area contributed by atoms with Gasteiger partial charge in [0.25, 0.3) is 5.91 Å². The van der Waals surface area contributed by atoms with E-state index in [1.54, 1.807) is 29.2 Å². The molecule has 10 nitrogen and oxygen atoms in total. The maximum atomic E-state index is 13.0. The Balaban J connectivity index is 1.27. The quantitative estimate of drug-likeness (QED) is 0.541. The van der Waals surface area contributed by atoms with Crippen LogP contribution in [0.25, 0.3) is 11.5 Å². The Morgan fingerprint density at radius 2 is 1.82 bits per heavy atom. The van der Waals surface area contributed by atoms with Gasteiger partial charge in [-0.3, -0.25) is 14.4 Å². The van der Waals surface area contributed by atoms with Gasteiger partial charge in [-0.05, 0) is 55.0 Å². The predicted octanol–water partition coefficient (Wildman–Crippen LogP) is 1.95. The number of halogens is 1. The molecule has 1 aliphatic rings. The Labute approximate surface area is 186 Å². The van der Waals surface area contributed by atoms with Crippen LogP contribution in [0.2, 0.25) is 0 Å². The number of benzene rings is 2. The van der Waals surface area contributed by atoms with Crippen LogP contribution in [0.5, 0.6) is 0 Å².